The Hall–Kier alpha value is -3.15. The third kappa shape index (κ3) is 5.72. The Kier molecular flexibility index (Phi) is 6.65. The smallest absolute Gasteiger partial charge is 0.254 e. The zero-order valence-corrected chi connectivity index (χ0v) is 17.8. The van der Waals surface area contributed by atoms with Gasteiger partial charge in [0.2, 0.25) is 11.8 Å². The highest BCUT2D eigenvalue weighted by Gasteiger charge is 2.30. The molecule has 0 atom stereocenters. The summed E-state index contributed by atoms with van der Waals surface area (Å²) in [6, 6.07) is 17.3. The summed E-state index contributed by atoms with van der Waals surface area (Å²) in [5, 5.41) is 2.89. The van der Waals surface area contributed by atoms with Crippen LogP contribution >= 0.6 is 0 Å². The van der Waals surface area contributed by atoms with E-state index in [0.29, 0.717) is 43.9 Å². The normalized spacial score (nSPS) is 16.1. The fraction of sp³-hybridized carbons (Fsp3) is 0.400. The molecule has 0 unspecified atom stereocenters. The van der Waals surface area contributed by atoms with E-state index in [1.54, 1.807) is 23.1 Å². The van der Waals surface area contributed by atoms with E-state index in [1.807, 2.05) is 29.2 Å². The minimum Gasteiger partial charge on any atom is -0.339 e. The molecule has 162 valence electrons. The van der Waals surface area contributed by atoms with E-state index in [9.17, 15) is 14.4 Å². The molecule has 2 aromatic carbocycles. The van der Waals surface area contributed by atoms with Gasteiger partial charge in [0, 0.05) is 49.8 Å². The predicted octanol–water partition coefficient (Wildman–Crippen LogP) is 3.34. The second-order valence-corrected chi connectivity index (χ2v) is 8.36. The quantitative estimate of drug-likeness (QED) is 0.748. The van der Waals surface area contributed by atoms with Gasteiger partial charge in [-0.2, -0.15) is 0 Å². The Morgan fingerprint density at radius 1 is 0.871 bits per heavy atom. The lowest BCUT2D eigenvalue weighted by Gasteiger charge is -2.35. The predicted molar refractivity (Wildman–Crippen MR) is 120 cm³/mol. The van der Waals surface area contributed by atoms with Gasteiger partial charge < -0.3 is 15.1 Å². The molecule has 3 amide bonds. The van der Waals surface area contributed by atoms with E-state index in [0.717, 1.165) is 25.7 Å². The second kappa shape index (κ2) is 9.77. The minimum atomic E-state index is -0.0568. The van der Waals surface area contributed by atoms with Crippen LogP contribution in [0.5, 0.6) is 0 Å². The molecule has 0 radical (unpaired) electrons. The molecule has 2 aliphatic rings. The second-order valence-electron chi connectivity index (χ2n) is 8.36. The van der Waals surface area contributed by atoms with Gasteiger partial charge in [-0.15, -0.1) is 0 Å². The Balaban J connectivity index is 1.24. The van der Waals surface area contributed by atoms with Gasteiger partial charge in [0.15, 0.2) is 0 Å². The summed E-state index contributed by atoms with van der Waals surface area (Å²) in [7, 11) is 0. The van der Waals surface area contributed by atoms with Crippen molar-refractivity contribution in [3.63, 3.8) is 0 Å². The van der Waals surface area contributed by atoms with Crippen molar-refractivity contribution in [2.75, 3.05) is 31.5 Å². The van der Waals surface area contributed by atoms with Gasteiger partial charge in [-0.3, -0.25) is 14.4 Å². The van der Waals surface area contributed by atoms with Crippen LogP contribution in [-0.4, -0.2) is 53.7 Å². The number of aryl methyl sites for hydroxylation is 1. The summed E-state index contributed by atoms with van der Waals surface area (Å²) in [5.41, 5.74) is 2.48. The standard InChI is InChI=1S/C25H29N3O3/c29-23(11-4-8-19-6-2-1-3-7-19)27-14-16-28(17-15-27)25(31)21-9-5-10-22(18-21)26-24(30)20-12-13-20/h1-3,5-7,9-10,18,20H,4,8,11-17H2,(H,26,30). The summed E-state index contributed by atoms with van der Waals surface area (Å²) in [6.45, 7) is 2.19. The fourth-order valence-electron chi connectivity index (χ4n) is 3.91. The molecule has 1 N–H and O–H groups in total. The summed E-state index contributed by atoms with van der Waals surface area (Å²) >= 11 is 0. The maximum Gasteiger partial charge on any atom is 0.254 e. The summed E-state index contributed by atoms with van der Waals surface area (Å²) in [5.74, 6) is 0.258. The monoisotopic (exact) mass is 419 g/mol. The molecule has 1 heterocycles. The van der Waals surface area contributed by atoms with Crippen LogP contribution in [-0.2, 0) is 16.0 Å². The maximum atomic E-state index is 12.9. The molecular weight excluding hydrogens is 390 g/mol. The van der Waals surface area contributed by atoms with Gasteiger partial charge in [-0.25, -0.2) is 0 Å². The Morgan fingerprint density at radius 2 is 1.58 bits per heavy atom. The van der Waals surface area contributed by atoms with Crippen LogP contribution in [0.4, 0.5) is 5.69 Å². The van der Waals surface area contributed by atoms with E-state index in [1.165, 1.54) is 5.56 Å². The molecule has 1 saturated heterocycles. The van der Waals surface area contributed by atoms with Crippen LogP contribution in [0.1, 0.15) is 41.6 Å². The van der Waals surface area contributed by atoms with Crippen molar-refractivity contribution < 1.29 is 14.4 Å². The van der Waals surface area contributed by atoms with Crippen molar-refractivity contribution in [1.82, 2.24) is 9.80 Å². The van der Waals surface area contributed by atoms with Crippen LogP contribution in [0.2, 0.25) is 0 Å². The van der Waals surface area contributed by atoms with Gasteiger partial charge >= 0.3 is 0 Å². The highest BCUT2D eigenvalue weighted by Crippen LogP contribution is 2.30. The van der Waals surface area contributed by atoms with E-state index < -0.39 is 0 Å². The Morgan fingerprint density at radius 3 is 2.29 bits per heavy atom. The molecule has 6 heteroatoms. The van der Waals surface area contributed by atoms with Crippen LogP contribution in [0.3, 0.4) is 0 Å². The average molecular weight is 420 g/mol. The topological polar surface area (TPSA) is 69.7 Å². The first-order valence-corrected chi connectivity index (χ1v) is 11.1. The number of hydrogen-bond acceptors (Lipinski definition) is 3. The van der Waals surface area contributed by atoms with Crippen LogP contribution in [0.25, 0.3) is 0 Å². The summed E-state index contributed by atoms with van der Waals surface area (Å²) in [6.07, 6.45) is 4.16. The molecule has 2 fully saturated rings. The molecule has 6 nitrogen and oxygen atoms in total. The maximum absolute atomic E-state index is 12.9. The molecular formula is C25H29N3O3. The van der Waals surface area contributed by atoms with Crippen molar-refractivity contribution in [2.24, 2.45) is 5.92 Å². The largest absolute Gasteiger partial charge is 0.339 e. The average Bonchev–Trinajstić information content (AvgIpc) is 3.65. The van der Waals surface area contributed by atoms with E-state index in [2.05, 4.69) is 17.4 Å². The number of rotatable bonds is 7. The molecule has 0 aromatic heterocycles. The first-order valence-electron chi connectivity index (χ1n) is 11.1. The third-order valence-electron chi connectivity index (χ3n) is 5.94. The highest BCUT2D eigenvalue weighted by atomic mass is 16.2. The molecule has 1 aliphatic heterocycles. The summed E-state index contributed by atoms with van der Waals surface area (Å²) in [4.78, 5) is 41.0. The Bertz CT molecular complexity index is 932. The number of carbonyl (C=O) groups is 3. The van der Waals surface area contributed by atoms with Gasteiger partial charge in [0.1, 0.15) is 0 Å². The third-order valence-corrected chi connectivity index (χ3v) is 5.94. The van der Waals surface area contributed by atoms with Gasteiger partial charge in [0.25, 0.3) is 5.91 Å². The number of carbonyl (C=O) groups excluding carboxylic acids is 3. The van der Waals surface area contributed by atoms with E-state index in [-0.39, 0.29) is 23.6 Å². The zero-order valence-electron chi connectivity index (χ0n) is 17.8. The lowest BCUT2D eigenvalue weighted by molar-refractivity contribution is -0.132. The number of anilines is 1. The van der Waals surface area contributed by atoms with E-state index >= 15 is 0 Å². The number of piperazine rings is 1. The van der Waals surface area contributed by atoms with Crippen molar-refractivity contribution in [3.05, 3.63) is 65.7 Å². The van der Waals surface area contributed by atoms with Gasteiger partial charge in [0.05, 0.1) is 0 Å². The van der Waals surface area contributed by atoms with Crippen LogP contribution in [0.15, 0.2) is 54.6 Å². The molecule has 4 rings (SSSR count). The molecule has 1 aliphatic carbocycles. The van der Waals surface area contributed by atoms with Crippen molar-refractivity contribution in [3.8, 4) is 0 Å². The number of amides is 3. The lowest BCUT2D eigenvalue weighted by Crippen LogP contribution is -2.50. The first kappa shape index (κ1) is 21.1. The molecule has 31 heavy (non-hydrogen) atoms. The Labute approximate surface area is 183 Å². The minimum absolute atomic E-state index is 0.0315. The molecule has 0 bridgehead atoms. The zero-order chi connectivity index (χ0) is 21.6. The number of hydrogen-bond donors (Lipinski definition) is 1. The van der Waals surface area contributed by atoms with Crippen molar-refractivity contribution in [2.45, 2.75) is 32.1 Å². The van der Waals surface area contributed by atoms with Crippen molar-refractivity contribution >= 4 is 23.4 Å². The SMILES string of the molecule is O=C(Nc1cccc(C(=O)N2CCN(C(=O)CCCc3ccccc3)CC2)c1)C1CC1. The fourth-order valence-corrected chi connectivity index (χ4v) is 3.91. The van der Waals surface area contributed by atoms with Gasteiger partial charge in [-0.05, 0) is 49.4 Å². The first-order chi connectivity index (χ1) is 15.1. The summed E-state index contributed by atoms with van der Waals surface area (Å²) < 4.78 is 0. The lowest BCUT2D eigenvalue weighted by atomic mass is 10.1. The number of nitrogens with zero attached hydrogens (tertiary/aromatic N) is 2. The van der Waals surface area contributed by atoms with Crippen LogP contribution in [0, 0.1) is 5.92 Å². The van der Waals surface area contributed by atoms with Crippen LogP contribution < -0.4 is 5.32 Å². The number of benzene rings is 2. The molecule has 1 saturated carbocycles. The molecule has 0 spiro atoms. The number of nitrogens with one attached hydrogen (secondary N) is 1. The van der Waals surface area contributed by atoms with E-state index in [4.69, 9.17) is 0 Å². The molecule has 2 aromatic rings. The van der Waals surface area contributed by atoms with Gasteiger partial charge in [-0.1, -0.05) is 36.4 Å². The highest BCUT2D eigenvalue weighted by molar-refractivity contribution is 5.98. The van der Waals surface area contributed by atoms with Crippen molar-refractivity contribution in [1.29, 1.82) is 0 Å².